The minimum atomic E-state index is -0.302. The summed E-state index contributed by atoms with van der Waals surface area (Å²) in [4.78, 5) is 27.8. The zero-order valence-electron chi connectivity index (χ0n) is 17.1. The molecule has 1 aliphatic heterocycles. The van der Waals surface area contributed by atoms with Crippen LogP contribution in [0.1, 0.15) is 39.2 Å². The number of fused-ring (bicyclic) bond motifs is 3. The van der Waals surface area contributed by atoms with Crippen molar-refractivity contribution in [3.8, 4) is 11.8 Å². The van der Waals surface area contributed by atoms with Gasteiger partial charge in [0.25, 0.3) is 11.6 Å². The molecule has 2 heterocycles. The van der Waals surface area contributed by atoms with Gasteiger partial charge in [0.15, 0.2) is 6.10 Å². The number of hydrogen-bond acceptors (Lipinski definition) is 5. The highest BCUT2D eigenvalue weighted by Gasteiger charge is 2.63. The molecule has 3 aliphatic carbocycles. The smallest absolute Gasteiger partial charge is 0.300 e. The molecule has 0 unspecified atom stereocenters. The third kappa shape index (κ3) is 2.80. The van der Waals surface area contributed by atoms with Crippen LogP contribution in [0.25, 0.3) is 0 Å². The molecule has 4 atom stereocenters. The van der Waals surface area contributed by atoms with Gasteiger partial charge in [-0.1, -0.05) is 32.9 Å². The molecule has 0 radical (unpaired) electrons. The molecule has 4 aliphatic rings. The average molecular weight is 394 g/mol. The molecular weight excluding hydrogens is 368 g/mol. The number of hydrogen-bond donors (Lipinski definition) is 0. The van der Waals surface area contributed by atoms with Gasteiger partial charge in [0.05, 0.1) is 6.54 Å². The first-order chi connectivity index (χ1) is 13.8. The fraction of sp³-hybridized carbons (Fsp3) is 0.522. The SMILES string of the molecule is CC1(C)[C@@H]2C[C@H]1[C@@](C)(c1ccc(OC[C@@H]3Cn4ccc(=O)nc4O3)cc1)CC2=O. The van der Waals surface area contributed by atoms with Crippen LogP contribution in [-0.2, 0) is 16.8 Å². The van der Waals surface area contributed by atoms with Crippen LogP contribution in [0, 0.1) is 17.3 Å². The molecule has 29 heavy (non-hydrogen) atoms. The first-order valence-electron chi connectivity index (χ1n) is 10.3. The Bertz CT molecular complexity index is 1030. The summed E-state index contributed by atoms with van der Waals surface area (Å²) in [7, 11) is 0. The first kappa shape index (κ1) is 18.4. The van der Waals surface area contributed by atoms with Crippen LogP contribution in [0.15, 0.2) is 41.3 Å². The van der Waals surface area contributed by atoms with E-state index in [-0.39, 0.29) is 28.4 Å². The van der Waals surface area contributed by atoms with E-state index in [0.29, 0.717) is 37.3 Å². The molecule has 6 rings (SSSR count). The molecule has 1 aromatic carbocycles. The van der Waals surface area contributed by atoms with Crippen molar-refractivity contribution < 1.29 is 14.3 Å². The average Bonchev–Trinajstić information content (AvgIpc) is 3.07. The number of aromatic nitrogens is 2. The predicted molar refractivity (Wildman–Crippen MR) is 107 cm³/mol. The molecule has 3 saturated carbocycles. The first-order valence-corrected chi connectivity index (χ1v) is 10.3. The van der Waals surface area contributed by atoms with Gasteiger partial charge in [-0.3, -0.25) is 14.2 Å². The Labute approximate surface area is 169 Å². The standard InChI is InChI=1S/C23H26N2O4/c1-22(2)17-10-19(22)23(3,11-18(17)26)14-4-6-15(7-5-14)28-13-16-12-25-9-8-20(27)24-21(25)29-16/h4-9,16-17,19H,10-13H2,1-3H3/t16-,17+,19+,23+/m0/s1. The van der Waals surface area contributed by atoms with Crippen LogP contribution < -0.4 is 15.0 Å². The summed E-state index contributed by atoms with van der Waals surface area (Å²) in [5.74, 6) is 1.95. The zero-order valence-corrected chi connectivity index (χ0v) is 17.1. The normalized spacial score (nSPS) is 31.6. The van der Waals surface area contributed by atoms with Crippen molar-refractivity contribution in [3.63, 3.8) is 0 Å². The van der Waals surface area contributed by atoms with Gasteiger partial charge >= 0.3 is 0 Å². The quantitative estimate of drug-likeness (QED) is 0.797. The Morgan fingerprint density at radius 3 is 2.62 bits per heavy atom. The van der Waals surface area contributed by atoms with E-state index in [1.54, 1.807) is 6.20 Å². The van der Waals surface area contributed by atoms with E-state index >= 15 is 0 Å². The van der Waals surface area contributed by atoms with Crippen molar-refractivity contribution in [2.45, 2.75) is 51.7 Å². The minimum absolute atomic E-state index is 0.0870. The summed E-state index contributed by atoms with van der Waals surface area (Å²) >= 11 is 0. The Balaban J connectivity index is 1.26. The largest absolute Gasteiger partial charge is 0.490 e. The Morgan fingerprint density at radius 2 is 1.93 bits per heavy atom. The molecule has 2 bridgehead atoms. The van der Waals surface area contributed by atoms with E-state index in [1.165, 1.54) is 11.6 Å². The van der Waals surface area contributed by atoms with E-state index in [9.17, 15) is 9.59 Å². The summed E-state index contributed by atoms with van der Waals surface area (Å²) in [6, 6.07) is 9.93. The number of ether oxygens (including phenoxy) is 2. The molecule has 0 spiro atoms. The minimum Gasteiger partial charge on any atom is -0.490 e. The van der Waals surface area contributed by atoms with Gasteiger partial charge in [0.2, 0.25) is 0 Å². The number of ketones is 1. The Morgan fingerprint density at radius 1 is 1.17 bits per heavy atom. The van der Waals surface area contributed by atoms with Crippen LogP contribution in [0.5, 0.6) is 11.8 Å². The van der Waals surface area contributed by atoms with Crippen molar-refractivity contribution in [2.24, 2.45) is 17.3 Å². The van der Waals surface area contributed by atoms with Crippen molar-refractivity contribution in [1.82, 2.24) is 9.55 Å². The number of Topliss-reactive ketones (excluding diaryl/α,β-unsaturated/α-hetero) is 1. The number of nitrogens with zero attached hydrogens (tertiary/aromatic N) is 2. The van der Waals surface area contributed by atoms with Gasteiger partial charge in [0.1, 0.15) is 18.1 Å². The van der Waals surface area contributed by atoms with Crippen LogP contribution in [-0.4, -0.2) is 28.0 Å². The highest BCUT2D eigenvalue weighted by Crippen LogP contribution is 2.64. The third-order valence-electron chi connectivity index (χ3n) is 7.44. The zero-order chi connectivity index (χ0) is 20.4. The van der Waals surface area contributed by atoms with E-state index in [2.05, 4.69) is 37.9 Å². The second kappa shape index (κ2) is 6.18. The van der Waals surface area contributed by atoms with E-state index in [4.69, 9.17) is 9.47 Å². The molecule has 6 nitrogen and oxygen atoms in total. The number of benzene rings is 1. The number of rotatable bonds is 4. The van der Waals surface area contributed by atoms with Gasteiger partial charge in [-0.2, -0.15) is 4.98 Å². The molecule has 0 N–H and O–H groups in total. The van der Waals surface area contributed by atoms with Gasteiger partial charge in [-0.25, -0.2) is 0 Å². The molecule has 1 aromatic heterocycles. The van der Waals surface area contributed by atoms with Gasteiger partial charge in [-0.05, 0) is 35.4 Å². The third-order valence-corrected chi connectivity index (χ3v) is 7.44. The Hall–Kier alpha value is -2.63. The molecule has 152 valence electrons. The van der Waals surface area contributed by atoms with E-state index < -0.39 is 0 Å². The summed E-state index contributed by atoms with van der Waals surface area (Å²) < 4.78 is 13.4. The predicted octanol–water partition coefficient (Wildman–Crippen LogP) is 2.98. The highest BCUT2D eigenvalue weighted by atomic mass is 16.6. The van der Waals surface area contributed by atoms with Gasteiger partial charge in [-0.15, -0.1) is 0 Å². The lowest BCUT2D eigenvalue weighted by Gasteiger charge is -2.63. The van der Waals surface area contributed by atoms with Crippen molar-refractivity contribution in [2.75, 3.05) is 6.61 Å². The molecule has 2 aromatic rings. The van der Waals surface area contributed by atoms with Crippen LogP contribution in [0.3, 0.4) is 0 Å². The lowest BCUT2D eigenvalue weighted by Crippen LogP contribution is -2.62. The summed E-state index contributed by atoms with van der Waals surface area (Å²) in [6.07, 6.45) is 3.16. The van der Waals surface area contributed by atoms with E-state index in [0.717, 1.165) is 12.2 Å². The lowest BCUT2D eigenvalue weighted by molar-refractivity contribution is -0.161. The maximum atomic E-state index is 12.6. The maximum Gasteiger partial charge on any atom is 0.300 e. The molecule has 0 saturated heterocycles. The summed E-state index contributed by atoms with van der Waals surface area (Å²) in [5.41, 5.74) is 0.886. The topological polar surface area (TPSA) is 70.4 Å². The molecule has 6 heteroatoms. The van der Waals surface area contributed by atoms with Crippen LogP contribution in [0.4, 0.5) is 0 Å². The van der Waals surface area contributed by atoms with Crippen molar-refractivity contribution in [1.29, 1.82) is 0 Å². The van der Waals surface area contributed by atoms with Gasteiger partial charge < -0.3 is 9.47 Å². The number of carbonyl (C=O) groups is 1. The fourth-order valence-corrected chi connectivity index (χ4v) is 5.72. The van der Waals surface area contributed by atoms with Crippen molar-refractivity contribution in [3.05, 3.63) is 52.4 Å². The molecule has 3 fully saturated rings. The van der Waals surface area contributed by atoms with E-state index in [1.807, 2.05) is 16.7 Å². The second-order valence-corrected chi connectivity index (χ2v) is 9.50. The Kier molecular flexibility index (Phi) is 3.92. The second-order valence-electron chi connectivity index (χ2n) is 9.50. The fourth-order valence-electron chi connectivity index (χ4n) is 5.72. The molecule has 0 amide bonds. The van der Waals surface area contributed by atoms with Crippen LogP contribution in [0.2, 0.25) is 0 Å². The highest BCUT2D eigenvalue weighted by molar-refractivity contribution is 5.86. The summed E-state index contributed by atoms with van der Waals surface area (Å²) in [6.45, 7) is 7.70. The summed E-state index contributed by atoms with van der Waals surface area (Å²) in [5, 5.41) is 0. The van der Waals surface area contributed by atoms with Gasteiger partial charge in [0, 0.05) is 30.0 Å². The van der Waals surface area contributed by atoms with Crippen LogP contribution >= 0.6 is 0 Å². The maximum absolute atomic E-state index is 12.6. The lowest BCUT2D eigenvalue weighted by atomic mass is 9.39. The monoisotopic (exact) mass is 394 g/mol. The van der Waals surface area contributed by atoms with Crippen molar-refractivity contribution >= 4 is 5.78 Å². The molecular formula is C23H26N2O4. The number of carbonyl (C=O) groups excluding carboxylic acids is 1.